The van der Waals surface area contributed by atoms with Crippen molar-refractivity contribution in [3.05, 3.63) is 102 Å². The molecule has 0 bridgehead atoms. The molecule has 7 heteroatoms. The van der Waals surface area contributed by atoms with Gasteiger partial charge in [0.1, 0.15) is 18.4 Å². The molecule has 190 valence electrons. The Kier molecular flexibility index (Phi) is 11.0. The minimum absolute atomic E-state index is 0.0375. The van der Waals surface area contributed by atoms with Crippen LogP contribution in [0.3, 0.4) is 0 Å². The molecule has 3 rings (SSSR count). The van der Waals surface area contributed by atoms with E-state index in [9.17, 15) is 9.59 Å². The number of carbonyl (C=O) groups excluding carboxylic acids is 2. The van der Waals surface area contributed by atoms with E-state index < -0.39 is 12.1 Å². The zero-order valence-corrected chi connectivity index (χ0v) is 20.7. The summed E-state index contributed by atoms with van der Waals surface area (Å²) in [5.74, 6) is 0.241. The van der Waals surface area contributed by atoms with Gasteiger partial charge in [-0.05, 0) is 48.6 Å². The summed E-state index contributed by atoms with van der Waals surface area (Å²) < 4.78 is 5.40. The number of hydrogen-bond donors (Lipinski definition) is 4. The monoisotopic (exact) mass is 489 g/mol. The summed E-state index contributed by atoms with van der Waals surface area (Å²) >= 11 is 0. The molecule has 2 amide bonds. The highest BCUT2D eigenvalue weighted by Gasteiger charge is 2.22. The molecule has 2 atom stereocenters. The van der Waals surface area contributed by atoms with Gasteiger partial charge in [-0.3, -0.25) is 9.59 Å². The maximum Gasteiger partial charge on any atom is 0.242 e. The first-order chi connectivity index (χ1) is 17.5. The lowest BCUT2D eigenvalue weighted by Crippen LogP contribution is -2.51. The second kappa shape index (κ2) is 14.7. The Bertz CT molecular complexity index is 1060. The van der Waals surface area contributed by atoms with Crippen LogP contribution in [-0.4, -0.2) is 42.2 Å². The molecule has 0 saturated heterocycles. The standard InChI is InChI=1S/C29H35N3O4/c1-22(28(34)31-21-24-10-6-3-7-11-24)32-29(35)27(17-14-23-8-4-2-5-9-23)30-20-25-12-15-26(16-13-25)36-19-18-33/h2-13,15-16,22,27,30,33H,14,17-21H2,1H3,(H,31,34)(H,32,35)/t22-,27+/m0/s1. The van der Waals surface area contributed by atoms with Crippen molar-refractivity contribution in [1.82, 2.24) is 16.0 Å². The molecule has 0 aromatic heterocycles. The van der Waals surface area contributed by atoms with Crippen molar-refractivity contribution in [3.63, 3.8) is 0 Å². The Balaban J connectivity index is 1.57. The van der Waals surface area contributed by atoms with Gasteiger partial charge in [0, 0.05) is 13.1 Å². The molecule has 3 aromatic carbocycles. The summed E-state index contributed by atoms with van der Waals surface area (Å²) in [7, 11) is 0. The van der Waals surface area contributed by atoms with Crippen LogP contribution in [0.5, 0.6) is 5.75 Å². The second-order valence-electron chi connectivity index (χ2n) is 8.61. The summed E-state index contributed by atoms with van der Waals surface area (Å²) in [4.78, 5) is 25.7. The molecule has 0 aliphatic rings. The molecule has 36 heavy (non-hydrogen) atoms. The molecule has 0 fully saturated rings. The van der Waals surface area contributed by atoms with Gasteiger partial charge in [-0.25, -0.2) is 0 Å². The van der Waals surface area contributed by atoms with Gasteiger partial charge in [-0.1, -0.05) is 72.8 Å². The second-order valence-corrected chi connectivity index (χ2v) is 8.61. The van der Waals surface area contributed by atoms with Gasteiger partial charge in [0.2, 0.25) is 11.8 Å². The fourth-order valence-corrected chi connectivity index (χ4v) is 3.71. The third kappa shape index (κ3) is 9.17. The lowest BCUT2D eigenvalue weighted by molar-refractivity contribution is -0.129. The number of aryl methyl sites for hydroxylation is 1. The molecule has 3 aromatic rings. The van der Waals surface area contributed by atoms with E-state index in [4.69, 9.17) is 9.84 Å². The predicted molar refractivity (Wildman–Crippen MR) is 140 cm³/mol. The van der Waals surface area contributed by atoms with Crippen molar-refractivity contribution in [2.24, 2.45) is 0 Å². The molecule has 7 nitrogen and oxygen atoms in total. The van der Waals surface area contributed by atoms with Crippen molar-refractivity contribution in [2.75, 3.05) is 13.2 Å². The first-order valence-electron chi connectivity index (χ1n) is 12.3. The first kappa shape index (κ1) is 26.9. The van der Waals surface area contributed by atoms with Crippen molar-refractivity contribution < 1.29 is 19.4 Å². The largest absolute Gasteiger partial charge is 0.491 e. The Hall–Kier alpha value is -3.68. The topological polar surface area (TPSA) is 99.7 Å². The molecular formula is C29H35N3O4. The van der Waals surface area contributed by atoms with Gasteiger partial charge < -0.3 is 25.8 Å². The zero-order chi connectivity index (χ0) is 25.6. The summed E-state index contributed by atoms with van der Waals surface area (Å²) in [6.07, 6.45) is 1.32. The summed E-state index contributed by atoms with van der Waals surface area (Å²) in [6, 6.07) is 26.1. The number of amides is 2. The van der Waals surface area contributed by atoms with Gasteiger partial charge in [-0.2, -0.15) is 0 Å². The molecule has 4 N–H and O–H groups in total. The minimum Gasteiger partial charge on any atom is -0.491 e. The molecule has 0 unspecified atom stereocenters. The number of nitrogens with one attached hydrogen (secondary N) is 3. The van der Waals surface area contributed by atoms with Gasteiger partial charge >= 0.3 is 0 Å². The fourth-order valence-electron chi connectivity index (χ4n) is 3.71. The van der Waals surface area contributed by atoms with E-state index in [1.54, 1.807) is 6.92 Å². The van der Waals surface area contributed by atoms with E-state index in [0.717, 1.165) is 23.1 Å². The van der Waals surface area contributed by atoms with Crippen LogP contribution >= 0.6 is 0 Å². The molecule has 0 heterocycles. The van der Waals surface area contributed by atoms with Gasteiger partial charge in [0.25, 0.3) is 0 Å². The van der Waals surface area contributed by atoms with Crippen LogP contribution in [0.15, 0.2) is 84.9 Å². The van der Waals surface area contributed by atoms with Gasteiger partial charge in [-0.15, -0.1) is 0 Å². The number of benzene rings is 3. The highest BCUT2D eigenvalue weighted by Crippen LogP contribution is 2.13. The Morgan fingerprint density at radius 1 is 0.806 bits per heavy atom. The fraction of sp³-hybridized carbons (Fsp3) is 0.310. The maximum absolute atomic E-state index is 13.1. The van der Waals surface area contributed by atoms with Crippen LogP contribution in [0.4, 0.5) is 0 Å². The lowest BCUT2D eigenvalue weighted by Gasteiger charge is -2.21. The van der Waals surface area contributed by atoms with Gasteiger partial charge in [0.15, 0.2) is 0 Å². The third-order valence-electron chi connectivity index (χ3n) is 5.78. The summed E-state index contributed by atoms with van der Waals surface area (Å²) in [6.45, 7) is 2.80. The highest BCUT2D eigenvalue weighted by atomic mass is 16.5. The first-order valence-corrected chi connectivity index (χ1v) is 12.3. The van der Waals surface area contributed by atoms with Crippen LogP contribution in [0, 0.1) is 0 Å². The zero-order valence-electron chi connectivity index (χ0n) is 20.7. The minimum atomic E-state index is -0.662. The van der Waals surface area contributed by atoms with Crippen LogP contribution < -0.4 is 20.7 Å². The number of carbonyl (C=O) groups is 2. The van der Waals surface area contributed by atoms with Crippen LogP contribution in [0.25, 0.3) is 0 Å². The highest BCUT2D eigenvalue weighted by molar-refractivity contribution is 5.89. The number of aliphatic hydroxyl groups excluding tert-OH is 1. The lowest BCUT2D eigenvalue weighted by atomic mass is 10.0. The van der Waals surface area contributed by atoms with E-state index in [-0.39, 0.29) is 25.0 Å². The molecule has 0 saturated carbocycles. The Morgan fingerprint density at radius 2 is 1.42 bits per heavy atom. The van der Waals surface area contributed by atoms with E-state index in [1.165, 1.54) is 0 Å². The SMILES string of the molecule is C[C@H](NC(=O)[C@@H](CCc1ccccc1)NCc1ccc(OCCO)cc1)C(=O)NCc1ccccc1. The smallest absolute Gasteiger partial charge is 0.242 e. The van der Waals surface area contributed by atoms with E-state index in [0.29, 0.717) is 25.3 Å². The van der Waals surface area contributed by atoms with E-state index in [2.05, 4.69) is 16.0 Å². The van der Waals surface area contributed by atoms with Crippen molar-refractivity contribution in [1.29, 1.82) is 0 Å². The average molecular weight is 490 g/mol. The number of rotatable bonds is 14. The van der Waals surface area contributed by atoms with Crippen LogP contribution in [0.2, 0.25) is 0 Å². The number of aliphatic hydroxyl groups is 1. The number of hydrogen-bond acceptors (Lipinski definition) is 5. The van der Waals surface area contributed by atoms with Crippen LogP contribution in [0.1, 0.15) is 30.0 Å². The Labute approximate surface area is 212 Å². The van der Waals surface area contributed by atoms with Gasteiger partial charge in [0.05, 0.1) is 12.6 Å². The van der Waals surface area contributed by atoms with Crippen molar-refractivity contribution in [3.8, 4) is 5.75 Å². The third-order valence-corrected chi connectivity index (χ3v) is 5.78. The maximum atomic E-state index is 13.1. The molecular weight excluding hydrogens is 454 g/mol. The Morgan fingerprint density at radius 3 is 2.06 bits per heavy atom. The average Bonchev–Trinajstić information content (AvgIpc) is 2.92. The predicted octanol–water partition coefficient (Wildman–Crippen LogP) is 2.97. The van der Waals surface area contributed by atoms with Crippen molar-refractivity contribution >= 4 is 11.8 Å². The van der Waals surface area contributed by atoms with Crippen molar-refractivity contribution in [2.45, 2.75) is 44.9 Å². The summed E-state index contributed by atoms with van der Waals surface area (Å²) in [5.41, 5.74) is 3.15. The summed E-state index contributed by atoms with van der Waals surface area (Å²) in [5, 5.41) is 18.0. The molecule has 0 spiro atoms. The van der Waals surface area contributed by atoms with Crippen LogP contribution in [-0.2, 0) is 29.1 Å². The quantitative estimate of drug-likeness (QED) is 0.279. The van der Waals surface area contributed by atoms with E-state index in [1.807, 2.05) is 84.9 Å². The number of ether oxygens (including phenoxy) is 1. The molecule has 0 aliphatic carbocycles. The normalized spacial score (nSPS) is 12.4. The molecule has 0 aliphatic heterocycles. The molecule has 0 radical (unpaired) electrons. The van der Waals surface area contributed by atoms with E-state index >= 15 is 0 Å².